The van der Waals surface area contributed by atoms with Crippen LogP contribution in [0, 0.1) is 0 Å². The van der Waals surface area contributed by atoms with Gasteiger partial charge in [0.1, 0.15) is 0 Å². The molecular formula is C23H23N7O. The normalized spacial score (nSPS) is 14.2. The molecule has 5 rings (SSSR count). The highest BCUT2D eigenvalue weighted by atomic mass is 16.1. The first-order valence-corrected chi connectivity index (χ1v) is 10.3. The van der Waals surface area contributed by atoms with Gasteiger partial charge < -0.3 is 11.1 Å². The molecular weight excluding hydrogens is 390 g/mol. The van der Waals surface area contributed by atoms with Gasteiger partial charge in [0.25, 0.3) is 5.91 Å². The van der Waals surface area contributed by atoms with Gasteiger partial charge in [0.2, 0.25) is 0 Å². The van der Waals surface area contributed by atoms with E-state index in [4.69, 9.17) is 5.73 Å². The van der Waals surface area contributed by atoms with E-state index in [1.165, 1.54) is 12.8 Å². The molecule has 156 valence electrons. The van der Waals surface area contributed by atoms with Crippen molar-refractivity contribution < 1.29 is 4.79 Å². The van der Waals surface area contributed by atoms with Crippen LogP contribution in [0.4, 0.5) is 11.4 Å². The minimum Gasteiger partial charge on any atom is -0.397 e. The molecule has 1 aliphatic heterocycles. The minimum absolute atomic E-state index is 0.271. The number of nitrogen functional groups attached to an aromatic ring is 1. The van der Waals surface area contributed by atoms with Crippen LogP contribution in [0.3, 0.4) is 0 Å². The van der Waals surface area contributed by atoms with Crippen LogP contribution < -0.4 is 11.1 Å². The number of nitrogens with two attached hydrogens (primary N) is 1. The number of pyridine rings is 2. The van der Waals surface area contributed by atoms with Gasteiger partial charge in [-0.15, -0.1) is 0 Å². The molecule has 0 radical (unpaired) electrons. The van der Waals surface area contributed by atoms with E-state index >= 15 is 0 Å². The van der Waals surface area contributed by atoms with E-state index in [-0.39, 0.29) is 5.91 Å². The summed E-state index contributed by atoms with van der Waals surface area (Å²) in [6.45, 7) is 3.00. The van der Waals surface area contributed by atoms with Gasteiger partial charge in [-0.2, -0.15) is 5.10 Å². The lowest BCUT2D eigenvalue weighted by molar-refractivity contribution is 0.102. The fourth-order valence-corrected chi connectivity index (χ4v) is 3.98. The first kappa shape index (κ1) is 19.2. The smallest absolute Gasteiger partial charge is 0.276 e. The molecule has 1 fully saturated rings. The van der Waals surface area contributed by atoms with Gasteiger partial charge in [-0.25, -0.2) is 0 Å². The second-order valence-electron chi connectivity index (χ2n) is 7.81. The summed E-state index contributed by atoms with van der Waals surface area (Å²) in [5, 5.41) is 10.9. The monoisotopic (exact) mass is 413 g/mol. The number of carbonyl (C=O) groups excluding carboxylic acids is 1. The number of anilines is 2. The molecule has 8 nitrogen and oxygen atoms in total. The van der Waals surface area contributed by atoms with Crippen molar-refractivity contribution in [3.05, 3.63) is 66.4 Å². The van der Waals surface area contributed by atoms with Gasteiger partial charge in [-0.1, -0.05) is 6.07 Å². The van der Waals surface area contributed by atoms with Crippen LogP contribution in [-0.2, 0) is 6.54 Å². The lowest BCUT2D eigenvalue weighted by Crippen LogP contribution is -2.19. The Morgan fingerprint density at radius 2 is 1.97 bits per heavy atom. The molecule has 0 spiro atoms. The number of hydrogen-bond acceptors (Lipinski definition) is 6. The van der Waals surface area contributed by atoms with Crippen molar-refractivity contribution in [2.75, 3.05) is 24.1 Å². The maximum absolute atomic E-state index is 13.0. The number of aromatic nitrogens is 4. The van der Waals surface area contributed by atoms with E-state index in [0.29, 0.717) is 17.1 Å². The average Bonchev–Trinajstić information content (AvgIpc) is 3.43. The van der Waals surface area contributed by atoms with E-state index in [2.05, 4.69) is 30.4 Å². The third-order valence-corrected chi connectivity index (χ3v) is 5.53. The van der Waals surface area contributed by atoms with Gasteiger partial charge in [0.15, 0.2) is 5.69 Å². The van der Waals surface area contributed by atoms with Crippen molar-refractivity contribution in [3.8, 4) is 11.1 Å². The summed E-state index contributed by atoms with van der Waals surface area (Å²) in [6, 6.07) is 11.4. The van der Waals surface area contributed by atoms with Crippen LogP contribution in [0.1, 0.15) is 29.0 Å². The fraction of sp³-hybridized carbons (Fsp3) is 0.217. The SMILES string of the molecule is Nc1cncc(-c2ccc3[nH]nc(C(=O)Nc4ccnc(CN5CCCC5)c4)c3c2)c1. The lowest BCUT2D eigenvalue weighted by Gasteiger charge is -2.14. The molecule has 1 amide bonds. The molecule has 1 saturated heterocycles. The second-order valence-corrected chi connectivity index (χ2v) is 7.81. The zero-order chi connectivity index (χ0) is 21.2. The quantitative estimate of drug-likeness (QED) is 0.462. The summed E-state index contributed by atoms with van der Waals surface area (Å²) in [5.74, 6) is -0.271. The molecule has 8 heteroatoms. The Morgan fingerprint density at radius 3 is 2.81 bits per heavy atom. The highest BCUT2D eigenvalue weighted by Gasteiger charge is 2.17. The molecule has 0 atom stereocenters. The molecule has 31 heavy (non-hydrogen) atoms. The summed E-state index contributed by atoms with van der Waals surface area (Å²) >= 11 is 0. The first-order valence-electron chi connectivity index (χ1n) is 10.3. The molecule has 1 aromatic carbocycles. The lowest BCUT2D eigenvalue weighted by atomic mass is 10.0. The Hall–Kier alpha value is -3.78. The number of benzene rings is 1. The molecule has 4 heterocycles. The number of amides is 1. The number of aromatic amines is 1. The molecule has 4 N–H and O–H groups in total. The average molecular weight is 413 g/mol. The van der Waals surface area contributed by atoms with Crippen LogP contribution >= 0.6 is 0 Å². The Morgan fingerprint density at radius 1 is 1.10 bits per heavy atom. The molecule has 1 aliphatic rings. The van der Waals surface area contributed by atoms with Crippen LogP contribution in [0.2, 0.25) is 0 Å². The van der Waals surface area contributed by atoms with Gasteiger partial charge >= 0.3 is 0 Å². The highest BCUT2D eigenvalue weighted by Crippen LogP contribution is 2.26. The topological polar surface area (TPSA) is 113 Å². The van der Waals surface area contributed by atoms with E-state index in [9.17, 15) is 4.79 Å². The molecule has 0 aliphatic carbocycles. The first-order chi connectivity index (χ1) is 15.2. The number of likely N-dealkylation sites (tertiary alicyclic amines) is 1. The van der Waals surface area contributed by atoms with Crippen LogP contribution in [0.15, 0.2) is 55.0 Å². The molecule has 3 aromatic heterocycles. The van der Waals surface area contributed by atoms with Gasteiger partial charge in [0, 0.05) is 41.8 Å². The van der Waals surface area contributed by atoms with Crippen molar-refractivity contribution >= 4 is 28.2 Å². The zero-order valence-corrected chi connectivity index (χ0v) is 17.0. The van der Waals surface area contributed by atoms with Crippen molar-refractivity contribution in [3.63, 3.8) is 0 Å². The Bertz CT molecular complexity index is 1240. The van der Waals surface area contributed by atoms with E-state index in [0.717, 1.165) is 47.4 Å². The van der Waals surface area contributed by atoms with Crippen molar-refractivity contribution in [2.24, 2.45) is 0 Å². The number of rotatable bonds is 5. The third-order valence-electron chi connectivity index (χ3n) is 5.53. The van der Waals surface area contributed by atoms with E-state index < -0.39 is 0 Å². The predicted octanol–water partition coefficient (Wildman–Crippen LogP) is 3.45. The Labute approximate surface area is 179 Å². The molecule has 0 saturated carbocycles. The van der Waals surface area contributed by atoms with Crippen LogP contribution in [0.5, 0.6) is 0 Å². The van der Waals surface area contributed by atoms with Gasteiger partial charge in [0.05, 0.1) is 16.9 Å². The minimum atomic E-state index is -0.271. The molecule has 0 bridgehead atoms. The maximum Gasteiger partial charge on any atom is 0.276 e. The standard InChI is InChI=1S/C23H23N7O/c24-17-9-16(12-25-13-17)15-3-4-21-20(10-15)22(29-28-21)23(31)27-18-5-6-26-19(11-18)14-30-7-1-2-8-30/h3-6,9-13H,1-2,7-8,14,24H2,(H,28,29)(H,26,27,31). The summed E-state index contributed by atoms with van der Waals surface area (Å²) in [5.41, 5.74) is 11.0. The van der Waals surface area contributed by atoms with Gasteiger partial charge in [-0.05, 0) is 61.8 Å². The van der Waals surface area contributed by atoms with Crippen LogP contribution in [-0.4, -0.2) is 44.1 Å². The Kier molecular flexibility index (Phi) is 5.05. The summed E-state index contributed by atoms with van der Waals surface area (Å²) in [7, 11) is 0. The predicted molar refractivity (Wildman–Crippen MR) is 120 cm³/mol. The zero-order valence-electron chi connectivity index (χ0n) is 17.0. The summed E-state index contributed by atoms with van der Waals surface area (Å²) in [4.78, 5) is 24.0. The Balaban J connectivity index is 1.39. The number of hydrogen-bond donors (Lipinski definition) is 3. The second kappa shape index (κ2) is 8.16. The van der Waals surface area contributed by atoms with Crippen molar-refractivity contribution in [1.29, 1.82) is 0 Å². The van der Waals surface area contributed by atoms with E-state index in [1.807, 2.05) is 30.3 Å². The van der Waals surface area contributed by atoms with E-state index in [1.54, 1.807) is 24.7 Å². The number of nitrogens with zero attached hydrogens (tertiary/aromatic N) is 4. The van der Waals surface area contributed by atoms with Crippen molar-refractivity contribution in [2.45, 2.75) is 19.4 Å². The third kappa shape index (κ3) is 4.10. The van der Waals surface area contributed by atoms with Gasteiger partial charge in [-0.3, -0.25) is 24.8 Å². The summed E-state index contributed by atoms with van der Waals surface area (Å²) < 4.78 is 0. The number of fused-ring (bicyclic) bond motifs is 1. The molecule has 4 aromatic rings. The van der Waals surface area contributed by atoms with Crippen LogP contribution in [0.25, 0.3) is 22.0 Å². The highest BCUT2D eigenvalue weighted by molar-refractivity contribution is 6.11. The maximum atomic E-state index is 13.0. The number of carbonyl (C=O) groups is 1. The number of H-pyrrole nitrogens is 1. The molecule has 0 unspecified atom stereocenters. The fourth-order valence-electron chi connectivity index (χ4n) is 3.98. The summed E-state index contributed by atoms with van der Waals surface area (Å²) in [6.07, 6.45) is 7.54. The van der Waals surface area contributed by atoms with Crippen molar-refractivity contribution in [1.82, 2.24) is 25.1 Å². The number of nitrogens with one attached hydrogen (secondary N) is 2. The largest absolute Gasteiger partial charge is 0.397 e.